The molecule has 3 heteroatoms. The smallest absolute Gasteiger partial charge is 0.129 e. The second-order valence-corrected chi connectivity index (χ2v) is 0.854. The first-order chi connectivity index (χ1) is 3.00. The summed E-state index contributed by atoms with van der Waals surface area (Å²) >= 11 is 0. The van der Waals surface area contributed by atoms with Gasteiger partial charge in [-0.25, -0.2) is 0 Å². The SMILES string of the molecule is C1=COO[N]C1. The van der Waals surface area contributed by atoms with Crippen molar-refractivity contribution in [1.82, 2.24) is 5.48 Å². The molecule has 0 saturated carbocycles. The highest BCUT2D eigenvalue weighted by Crippen LogP contribution is 1.83. The summed E-state index contributed by atoms with van der Waals surface area (Å²) in [5.41, 5.74) is 3.37. The van der Waals surface area contributed by atoms with Crippen LogP contribution in [0, 0.1) is 0 Å². The van der Waals surface area contributed by atoms with Crippen molar-refractivity contribution in [3.8, 4) is 0 Å². The largest absolute Gasteiger partial charge is 0.326 e. The van der Waals surface area contributed by atoms with Crippen molar-refractivity contribution in [1.29, 1.82) is 0 Å². The van der Waals surface area contributed by atoms with Crippen LogP contribution in [0.15, 0.2) is 12.3 Å². The molecular formula is C3H4NO2. The molecule has 0 aromatic rings. The Bertz CT molecular complexity index is 53.8. The molecule has 1 radical (unpaired) electrons. The monoisotopic (exact) mass is 86.0 g/mol. The number of rotatable bonds is 0. The third-order valence-corrected chi connectivity index (χ3v) is 0.427. The Morgan fingerprint density at radius 2 is 2.67 bits per heavy atom. The molecule has 0 saturated heterocycles. The zero-order chi connectivity index (χ0) is 4.24. The molecule has 3 nitrogen and oxygen atoms in total. The highest BCUT2D eigenvalue weighted by molar-refractivity contribution is 4.74. The van der Waals surface area contributed by atoms with Gasteiger partial charge in [0.05, 0.1) is 6.54 Å². The molecule has 0 aliphatic carbocycles. The van der Waals surface area contributed by atoms with E-state index >= 15 is 0 Å². The van der Waals surface area contributed by atoms with Crippen LogP contribution in [0.2, 0.25) is 0 Å². The van der Waals surface area contributed by atoms with Gasteiger partial charge in [-0.15, -0.1) is 0 Å². The Kier molecular flexibility index (Phi) is 1.09. The molecule has 1 rings (SSSR count). The quantitative estimate of drug-likeness (QED) is 0.388. The second kappa shape index (κ2) is 1.79. The van der Waals surface area contributed by atoms with Gasteiger partial charge in [-0.3, -0.25) is 0 Å². The number of hydroxylamine groups is 1. The lowest BCUT2D eigenvalue weighted by Gasteiger charge is -1.99. The van der Waals surface area contributed by atoms with Gasteiger partial charge in [-0.1, -0.05) is 4.99 Å². The van der Waals surface area contributed by atoms with Gasteiger partial charge in [0, 0.05) is 0 Å². The zero-order valence-corrected chi connectivity index (χ0v) is 3.13. The molecule has 0 bridgehead atoms. The lowest BCUT2D eigenvalue weighted by molar-refractivity contribution is -0.305. The van der Waals surface area contributed by atoms with Crippen molar-refractivity contribution in [3.63, 3.8) is 0 Å². The van der Waals surface area contributed by atoms with Crippen LogP contribution >= 0.6 is 0 Å². The van der Waals surface area contributed by atoms with Crippen LogP contribution in [-0.2, 0) is 9.88 Å². The minimum atomic E-state index is 0.597. The average molecular weight is 86.1 g/mol. The maximum Gasteiger partial charge on any atom is 0.129 e. The molecule has 0 spiro atoms. The summed E-state index contributed by atoms with van der Waals surface area (Å²) < 4.78 is 0. The van der Waals surface area contributed by atoms with E-state index in [4.69, 9.17) is 0 Å². The van der Waals surface area contributed by atoms with Crippen molar-refractivity contribution in [2.75, 3.05) is 6.54 Å². The minimum Gasteiger partial charge on any atom is -0.326 e. The molecule has 0 unspecified atom stereocenters. The summed E-state index contributed by atoms with van der Waals surface area (Å²) in [4.78, 5) is 8.33. The van der Waals surface area contributed by atoms with E-state index in [9.17, 15) is 0 Å². The first kappa shape index (κ1) is 3.64. The van der Waals surface area contributed by atoms with Crippen LogP contribution in [0.3, 0.4) is 0 Å². The van der Waals surface area contributed by atoms with Gasteiger partial charge in [0.25, 0.3) is 0 Å². The summed E-state index contributed by atoms with van der Waals surface area (Å²) in [5, 5.41) is 0. The Balaban J connectivity index is 2.26. The van der Waals surface area contributed by atoms with E-state index in [0.29, 0.717) is 6.54 Å². The average Bonchev–Trinajstić information content (AvgIpc) is 1.72. The van der Waals surface area contributed by atoms with Crippen LogP contribution < -0.4 is 5.48 Å². The number of hydrogen-bond acceptors (Lipinski definition) is 2. The summed E-state index contributed by atoms with van der Waals surface area (Å²) in [6, 6.07) is 0. The van der Waals surface area contributed by atoms with E-state index in [1.54, 1.807) is 6.08 Å². The maximum absolute atomic E-state index is 4.22. The maximum atomic E-state index is 4.22. The van der Waals surface area contributed by atoms with Crippen molar-refractivity contribution in [2.45, 2.75) is 0 Å². The van der Waals surface area contributed by atoms with E-state index in [1.165, 1.54) is 6.26 Å². The van der Waals surface area contributed by atoms with Crippen molar-refractivity contribution in [3.05, 3.63) is 12.3 Å². The van der Waals surface area contributed by atoms with Crippen LogP contribution in [0.4, 0.5) is 0 Å². The Morgan fingerprint density at radius 3 is 2.83 bits per heavy atom. The van der Waals surface area contributed by atoms with Crippen LogP contribution in [-0.4, -0.2) is 6.54 Å². The fourth-order valence-electron chi connectivity index (χ4n) is 0.211. The fraction of sp³-hybridized carbons (Fsp3) is 0.333. The van der Waals surface area contributed by atoms with Crippen LogP contribution in [0.25, 0.3) is 0 Å². The molecule has 1 aliphatic heterocycles. The van der Waals surface area contributed by atoms with Gasteiger partial charge in [0.1, 0.15) is 6.26 Å². The summed E-state index contributed by atoms with van der Waals surface area (Å²) in [7, 11) is 0. The molecule has 0 aromatic heterocycles. The topological polar surface area (TPSA) is 32.6 Å². The molecule has 0 N–H and O–H groups in total. The summed E-state index contributed by atoms with van der Waals surface area (Å²) in [6.45, 7) is 0.597. The highest BCUT2D eigenvalue weighted by atomic mass is 17.3. The number of nitrogens with zero attached hydrogens (tertiary/aromatic N) is 1. The first-order valence-electron chi connectivity index (χ1n) is 1.64. The van der Waals surface area contributed by atoms with Crippen molar-refractivity contribution >= 4 is 0 Å². The lowest BCUT2D eigenvalue weighted by Crippen LogP contribution is -2.08. The van der Waals surface area contributed by atoms with Crippen molar-refractivity contribution in [2.24, 2.45) is 0 Å². The molecule has 0 amide bonds. The predicted molar refractivity (Wildman–Crippen MR) is 18.3 cm³/mol. The zero-order valence-electron chi connectivity index (χ0n) is 3.13. The Morgan fingerprint density at radius 1 is 1.67 bits per heavy atom. The van der Waals surface area contributed by atoms with Gasteiger partial charge in [0.2, 0.25) is 0 Å². The lowest BCUT2D eigenvalue weighted by atomic mass is 10.6. The fourth-order valence-corrected chi connectivity index (χ4v) is 0.211. The van der Waals surface area contributed by atoms with Gasteiger partial charge in [-0.05, 0) is 11.6 Å². The third-order valence-electron chi connectivity index (χ3n) is 0.427. The molecule has 0 aromatic carbocycles. The molecular weight excluding hydrogens is 82.0 g/mol. The van der Waals surface area contributed by atoms with E-state index in [2.05, 4.69) is 15.4 Å². The summed E-state index contributed by atoms with van der Waals surface area (Å²) in [5.74, 6) is 0. The highest BCUT2D eigenvalue weighted by Gasteiger charge is 1.87. The molecule has 0 atom stereocenters. The van der Waals surface area contributed by atoms with Crippen LogP contribution in [0.5, 0.6) is 0 Å². The first-order valence-corrected chi connectivity index (χ1v) is 1.64. The van der Waals surface area contributed by atoms with E-state index < -0.39 is 0 Å². The van der Waals surface area contributed by atoms with Gasteiger partial charge < -0.3 is 4.89 Å². The van der Waals surface area contributed by atoms with E-state index in [-0.39, 0.29) is 0 Å². The Labute approximate surface area is 35.4 Å². The van der Waals surface area contributed by atoms with Crippen molar-refractivity contribution < 1.29 is 9.88 Å². The molecule has 33 valence electrons. The third kappa shape index (κ3) is 0.702. The molecule has 1 aliphatic rings. The predicted octanol–water partition coefficient (Wildman–Crippen LogP) is -0.0187. The second-order valence-electron chi connectivity index (χ2n) is 0.854. The van der Waals surface area contributed by atoms with Gasteiger partial charge in [0.15, 0.2) is 0 Å². The number of hydrogen-bond donors (Lipinski definition) is 0. The van der Waals surface area contributed by atoms with Gasteiger partial charge >= 0.3 is 0 Å². The molecule has 0 fully saturated rings. The summed E-state index contributed by atoms with van der Waals surface area (Å²) in [6.07, 6.45) is 3.20. The van der Waals surface area contributed by atoms with E-state index in [0.717, 1.165) is 0 Å². The van der Waals surface area contributed by atoms with Crippen LogP contribution in [0.1, 0.15) is 0 Å². The molecule has 1 heterocycles. The standard InChI is InChI=1S/C3H4NO2/c1-2-4-6-5-3-1/h1,3H,2H2. The Hall–Kier alpha value is -0.540. The van der Waals surface area contributed by atoms with E-state index in [1.807, 2.05) is 0 Å². The molecule has 6 heavy (non-hydrogen) atoms. The van der Waals surface area contributed by atoms with Gasteiger partial charge in [-0.2, -0.15) is 0 Å². The normalized spacial score (nSPS) is 20.0. The minimum absolute atomic E-state index is 0.597.